The molecule has 0 aliphatic carbocycles. The molecule has 0 aliphatic heterocycles. The highest BCUT2D eigenvalue weighted by Gasteiger charge is 2.21. The Labute approximate surface area is 156 Å². The van der Waals surface area contributed by atoms with Gasteiger partial charge in [0.05, 0.1) is 5.52 Å². The Morgan fingerprint density at radius 2 is 1.85 bits per heavy atom. The van der Waals surface area contributed by atoms with Crippen LogP contribution in [-0.2, 0) is 6.42 Å². The van der Waals surface area contributed by atoms with E-state index in [0.29, 0.717) is 17.5 Å². The number of fused-ring (bicyclic) bond motifs is 1. The summed E-state index contributed by atoms with van der Waals surface area (Å²) in [5.74, 6) is -0.902. The highest BCUT2D eigenvalue weighted by atomic mass is 19.1. The average Bonchev–Trinajstić information content (AvgIpc) is 3.02. The first kappa shape index (κ1) is 18.6. The van der Waals surface area contributed by atoms with Crippen molar-refractivity contribution < 1.29 is 14.0 Å². The molecule has 140 valence electrons. The number of halogens is 1. The molecule has 0 saturated heterocycles. The van der Waals surface area contributed by atoms with Gasteiger partial charge in [-0.2, -0.15) is 0 Å². The Kier molecular flexibility index (Phi) is 5.49. The predicted octanol–water partition coefficient (Wildman–Crippen LogP) is 2.58. The van der Waals surface area contributed by atoms with Crippen molar-refractivity contribution >= 4 is 17.3 Å². The minimum Gasteiger partial charge on any atom is -0.350 e. The van der Waals surface area contributed by atoms with E-state index in [4.69, 9.17) is 0 Å². The molecule has 0 radical (unpaired) electrons. The summed E-state index contributed by atoms with van der Waals surface area (Å²) in [7, 11) is 0. The molecular weight excluding hydrogens is 347 g/mol. The van der Waals surface area contributed by atoms with Gasteiger partial charge in [-0.1, -0.05) is 24.3 Å². The number of aromatic nitrogens is 2. The molecule has 0 spiro atoms. The van der Waals surface area contributed by atoms with E-state index < -0.39 is 5.91 Å². The third-order valence-corrected chi connectivity index (χ3v) is 4.02. The monoisotopic (exact) mass is 368 g/mol. The maximum atomic E-state index is 13.7. The predicted molar refractivity (Wildman–Crippen MR) is 100 cm³/mol. The molecule has 2 aromatic heterocycles. The number of carbonyl (C=O) groups is 2. The van der Waals surface area contributed by atoms with Gasteiger partial charge in [-0.25, -0.2) is 9.37 Å². The summed E-state index contributed by atoms with van der Waals surface area (Å²) < 4.78 is 15.3. The van der Waals surface area contributed by atoms with E-state index in [1.54, 1.807) is 47.0 Å². The number of amides is 2. The highest BCUT2D eigenvalue weighted by Crippen LogP contribution is 2.14. The first-order valence-electron chi connectivity index (χ1n) is 8.77. The minimum atomic E-state index is -0.404. The van der Waals surface area contributed by atoms with Gasteiger partial charge in [0.25, 0.3) is 11.8 Å². The normalized spacial score (nSPS) is 11.0. The van der Waals surface area contributed by atoms with E-state index in [9.17, 15) is 14.0 Å². The Balaban J connectivity index is 1.78. The lowest BCUT2D eigenvalue weighted by molar-refractivity contribution is 0.0932. The Morgan fingerprint density at radius 3 is 2.59 bits per heavy atom. The summed E-state index contributed by atoms with van der Waals surface area (Å²) >= 11 is 0. The molecule has 0 fully saturated rings. The fourth-order valence-corrected chi connectivity index (χ4v) is 2.79. The number of hydrogen-bond donors (Lipinski definition) is 2. The molecule has 6 nitrogen and oxygen atoms in total. The van der Waals surface area contributed by atoms with Crippen molar-refractivity contribution in [3.63, 3.8) is 0 Å². The van der Waals surface area contributed by atoms with Gasteiger partial charge in [-0.15, -0.1) is 0 Å². The van der Waals surface area contributed by atoms with Crippen molar-refractivity contribution in [2.45, 2.75) is 26.3 Å². The van der Waals surface area contributed by atoms with Crippen molar-refractivity contribution in [2.75, 3.05) is 6.54 Å². The maximum Gasteiger partial charge on any atom is 0.287 e. The Hall–Kier alpha value is -3.22. The van der Waals surface area contributed by atoms with E-state index in [2.05, 4.69) is 15.6 Å². The van der Waals surface area contributed by atoms with Gasteiger partial charge in [0.1, 0.15) is 5.82 Å². The van der Waals surface area contributed by atoms with E-state index in [0.717, 1.165) is 0 Å². The van der Waals surface area contributed by atoms with E-state index in [-0.39, 0.29) is 35.8 Å². The smallest absolute Gasteiger partial charge is 0.287 e. The average molecular weight is 368 g/mol. The molecule has 0 saturated carbocycles. The van der Waals surface area contributed by atoms with Crippen molar-refractivity contribution in [3.8, 4) is 0 Å². The number of imidazole rings is 1. The third-order valence-electron chi connectivity index (χ3n) is 4.02. The van der Waals surface area contributed by atoms with E-state index in [1.165, 1.54) is 6.07 Å². The topological polar surface area (TPSA) is 75.5 Å². The van der Waals surface area contributed by atoms with Gasteiger partial charge >= 0.3 is 0 Å². The lowest BCUT2D eigenvalue weighted by Crippen LogP contribution is -2.31. The molecular formula is C20H21FN4O2. The number of benzene rings is 1. The van der Waals surface area contributed by atoms with Crippen LogP contribution >= 0.6 is 0 Å². The van der Waals surface area contributed by atoms with Crippen molar-refractivity contribution in [2.24, 2.45) is 0 Å². The quantitative estimate of drug-likeness (QED) is 0.702. The van der Waals surface area contributed by atoms with Crippen molar-refractivity contribution in [3.05, 3.63) is 71.6 Å². The number of carbonyl (C=O) groups excluding carboxylic acids is 2. The van der Waals surface area contributed by atoms with Crippen molar-refractivity contribution in [1.29, 1.82) is 0 Å². The maximum absolute atomic E-state index is 13.7. The third kappa shape index (κ3) is 4.13. The van der Waals surface area contributed by atoms with Gasteiger partial charge in [-0.05, 0) is 44.0 Å². The number of rotatable bonds is 6. The molecule has 3 aromatic rings. The second-order valence-electron chi connectivity index (χ2n) is 6.47. The number of nitrogens with one attached hydrogen (secondary N) is 2. The van der Waals surface area contributed by atoms with Crippen LogP contribution in [0.1, 0.15) is 40.5 Å². The zero-order valence-corrected chi connectivity index (χ0v) is 15.2. The summed E-state index contributed by atoms with van der Waals surface area (Å²) in [6, 6.07) is 11.7. The number of hydrogen-bond acceptors (Lipinski definition) is 3. The Bertz CT molecular complexity index is 981. The van der Waals surface area contributed by atoms with Gasteiger partial charge in [-0.3, -0.25) is 14.0 Å². The van der Waals surface area contributed by atoms with Crippen molar-refractivity contribution in [1.82, 2.24) is 20.0 Å². The van der Waals surface area contributed by atoms with Gasteiger partial charge < -0.3 is 10.6 Å². The first-order valence-corrected chi connectivity index (χ1v) is 8.77. The summed E-state index contributed by atoms with van der Waals surface area (Å²) in [4.78, 5) is 29.2. The molecule has 1 aromatic carbocycles. The zero-order valence-electron chi connectivity index (χ0n) is 15.2. The number of pyridine rings is 1. The molecule has 0 aliphatic rings. The summed E-state index contributed by atoms with van der Waals surface area (Å²) in [5.41, 5.74) is 1.23. The second-order valence-corrected chi connectivity index (χ2v) is 6.47. The van der Waals surface area contributed by atoms with Crippen LogP contribution in [0.5, 0.6) is 0 Å². The van der Waals surface area contributed by atoms with Crippen LogP contribution in [0.4, 0.5) is 4.39 Å². The van der Waals surface area contributed by atoms with E-state index in [1.807, 2.05) is 13.8 Å². The van der Waals surface area contributed by atoms with Gasteiger partial charge in [0.2, 0.25) is 5.82 Å². The lowest BCUT2D eigenvalue weighted by Gasteiger charge is -2.06. The van der Waals surface area contributed by atoms with Crippen LogP contribution in [0.15, 0.2) is 48.7 Å². The van der Waals surface area contributed by atoms with Crippen LogP contribution in [-0.4, -0.2) is 33.8 Å². The molecule has 3 rings (SSSR count). The lowest BCUT2D eigenvalue weighted by atomic mass is 10.1. The molecule has 2 amide bonds. The first-order chi connectivity index (χ1) is 13.0. The molecule has 0 unspecified atom stereocenters. The van der Waals surface area contributed by atoms with Crippen LogP contribution < -0.4 is 10.6 Å². The van der Waals surface area contributed by atoms with Gasteiger partial charge in [0, 0.05) is 18.8 Å². The molecule has 27 heavy (non-hydrogen) atoms. The summed E-state index contributed by atoms with van der Waals surface area (Å²) in [6.07, 6.45) is 2.05. The van der Waals surface area contributed by atoms with Crippen LogP contribution in [0.25, 0.3) is 5.52 Å². The fourth-order valence-electron chi connectivity index (χ4n) is 2.79. The molecule has 0 atom stereocenters. The summed E-state index contributed by atoms with van der Waals surface area (Å²) in [6.45, 7) is 3.97. The largest absolute Gasteiger partial charge is 0.350 e. The van der Waals surface area contributed by atoms with Gasteiger partial charge in [0.15, 0.2) is 5.69 Å². The van der Waals surface area contributed by atoms with Crippen LogP contribution in [0, 0.1) is 5.82 Å². The molecule has 2 heterocycles. The minimum absolute atomic E-state index is 0.0494. The SMILES string of the molecule is CC(C)NC(=O)c1nc(C(=O)NCCc2ccccc2F)c2ccccn12. The molecule has 7 heteroatoms. The zero-order chi connectivity index (χ0) is 19.4. The number of nitrogens with zero attached hydrogens (tertiary/aromatic N) is 2. The van der Waals surface area contributed by atoms with Crippen LogP contribution in [0.3, 0.4) is 0 Å². The molecule has 0 bridgehead atoms. The second kappa shape index (κ2) is 7.99. The van der Waals surface area contributed by atoms with Crippen LogP contribution in [0.2, 0.25) is 0 Å². The fraction of sp³-hybridized carbons (Fsp3) is 0.250. The van der Waals surface area contributed by atoms with E-state index >= 15 is 0 Å². The standard InChI is InChI=1S/C20H21FN4O2/c1-13(2)23-20(27)18-24-17(16-9-5-6-12-25(16)18)19(26)22-11-10-14-7-3-4-8-15(14)21/h3-9,12-13H,10-11H2,1-2H3,(H,22,26)(H,23,27). The molecule has 2 N–H and O–H groups in total. The Morgan fingerprint density at radius 1 is 1.11 bits per heavy atom. The highest BCUT2D eigenvalue weighted by molar-refractivity contribution is 6.02. The summed E-state index contributed by atoms with van der Waals surface area (Å²) in [5, 5.41) is 5.53.